The molecule has 0 bridgehead atoms. The van der Waals surface area contributed by atoms with Crippen molar-refractivity contribution < 1.29 is 0 Å². The lowest BCUT2D eigenvalue weighted by Crippen LogP contribution is -2.17. The monoisotopic (exact) mass is 243 g/mol. The molecule has 1 saturated carbocycles. The third-order valence-electron chi connectivity index (χ3n) is 3.59. The van der Waals surface area contributed by atoms with Crippen molar-refractivity contribution in [3.8, 4) is 0 Å². The topological polar surface area (TPSA) is 12.0 Å². The van der Waals surface area contributed by atoms with E-state index in [4.69, 9.17) is 0 Å². The Balaban J connectivity index is 1.95. The van der Waals surface area contributed by atoms with Gasteiger partial charge in [-0.05, 0) is 49.3 Å². The molecule has 1 N–H and O–H groups in total. The van der Waals surface area contributed by atoms with Gasteiger partial charge in [0.1, 0.15) is 0 Å². The van der Waals surface area contributed by atoms with Crippen molar-refractivity contribution in [2.24, 2.45) is 0 Å². The highest BCUT2D eigenvalue weighted by molar-refractivity contribution is 5.54. The van der Waals surface area contributed by atoms with E-state index in [-0.39, 0.29) is 0 Å². The molecule has 0 saturated heterocycles. The normalized spacial score (nSPS) is 16.0. The fourth-order valence-electron chi connectivity index (χ4n) is 2.22. The molecule has 0 heterocycles. The van der Waals surface area contributed by atoms with Gasteiger partial charge >= 0.3 is 0 Å². The Morgan fingerprint density at radius 2 is 1.94 bits per heavy atom. The van der Waals surface area contributed by atoms with Gasteiger partial charge in [-0.3, -0.25) is 0 Å². The quantitative estimate of drug-likeness (QED) is 0.702. The Morgan fingerprint density at radius 1 is 1.22 bits per heavy atom. The second kappa shape index (κ2) is 6.75. The Bertz CT molecular complexity index is 385. The van der Waals surface area contributed by atoms with Crippen LogP contribution in [0.4, 0.5) is 0 Å². The second-order valence-corrected chi connectivity index (χ2v) is 5.27. The first-order chi connectivity index (χ1) is 8.83. The van der Waals surface area contributed by atoms with Crippen LogP contribution in [0.15, 0.2) is 29.8 Å². The lowest BCUT2D eigenvalue weighted by atomic mass is 10.0. The summed E-state index contributed by atoms with van der Waals surface area (Å²) in [6, 6.07) is 9.14. The average molecular weight is 243 g/mol. The van der Waals surface area contributed by atoms with Gasteiger partial charge in [-0.2, -0.15) is 0 Å². The fraction of sp³-hybridized carbons (Fsp3) is 0.529. The van der Waals surface area contributed by atoms with Crippen molar-refractivity contribution in [2.75, 3.05) is 13.1 Å². The summed E-state index contributed by atoms with van der Waals surface area (Å²) in [6.45, 7) is 6.57. The summed E-state index contributed by atoms with van der Waals surface area (Å²) in [5.41, 5.74) is 4.35. The SMILES string of the molecule is CCCNCC(=Cc1ccc(C2CC2)cc1)CC. The van der Waals surface area contributed by atoms with E-state index >= 15 is 0 Å². The average Bonchev–Trinajstić information content (AvgIpc) is 3.23. The van der Waals surface area contributed by atoms with Crippen LogP contribution in [0.1, 0.15) is 56.6 Å². The van der Waals surface area contributed by atoms with Crippen LogP contribution in [0.25, 0.3) is 6.08 Å². The molecule has 1 aromatic rings. The van der Waals surface area contributed by atoms with E-state index in [1.807, 2.05) is 0 Å². The molecular weight excluding hydrogens is 218 g/mol. The Kier molecular flexibility index (Phi) is 5.00. The molecule has 2 rings (SSSR count). The van der Waals surface area contributed by atoms with Gasteiger partial charge in [0.2, 0.25) is 0 Å². The van der Waals surface area contributed by atoms with E-state index in [1.54, 1.807) is 0 Å². The summed E-state index contributed by atoms with van der Waals surface area (Å²) in [7, 11) is 0. The molecule has 1 nitrogen and oxygen atoms in total. The molecule has 0 aliphatic heterocycles. The van der Waals surface area contributed by atoms with Crippen molar-refractivity contribution in [3.05, 3.63) is 41.0 Å². The first-order valence-electron chi connectivity index (χ1n) is 7.33. The van der Waals surface area contributed by atoms with Crippen LogP contribution < -0.4 is 5.32 Å². The van der Waals surface area contributed by atoms with E-state index in [1.165, 1.54) is 36.0 Å². The molecule has 18 heavy (non-hydrogen) atoms. The van der Waals surface area contributed by atoms with Gasteiger partial charge in [-0.15, -0.1) is 0 Å². The Morgan fingerprint density at radius 3 is 2.50 bits per heavy atom. The molecule has 1 aromatic carbocycles. The van der Waals surface area contributed by atoms with Crippen molar-refractivity contribution >= 4 is 6.08 Å². The molecule has 1 heteroatoms. The van der Waals surface area contributed by atoms with Gasteiger partial charge in [-0.1, -0.05) is 49.8 Å². The molecule has 1 aliphatic rings. The smallest absolute Gasteiger partial charge is 0.0167 e. The van der Waals surface area contributed by atoms with E-state index < -0.39 is 0 Å². The van der Waals surface area contributed by atoms with E-state index in [0.717, 1.165) is 25.4 Å². The molecule has 1 fully saturated rings. The fourth-order valence-corrected chi connectivity index (χ4v) is 2.22. The van der Waals surface area contributed by atoms with E-state index in [9.17, 15) is 0 Å². The zero-order valence-corrected chi connectivity index (χ0v) is 11.7. The number of benzene rings is 1. The van der Waals surface area contributed by atoms with Crippen LogP contribution >= 0.6 is 0 Å². The predicted octanol–water partition coefficient (Wildman–Crippen LogP) is 4.36. The van der Waals surface area contributed by atoms with Crippen LogP contribution in [0, 0.1) is 0 Å². The highest BCUT2D eigenvalue weighted by Gasteiger charge is 2.22. The van der Waals surface area contributed by atoms with Crippen molar-refractivity contribution in [1.82, 2.24) is 5.32 Å². The highest BCUT2D eigenvalue weighted by atomic mass is 14.8. The molecule has 0 aromatic heterocycles. The third-order valence-corrected chi connectivity index (χ3v) is 3.59. The molecule has 98 valence electrons. The van der Waals surface area contributed by atoms with Crippen molar-refractivity contribution in [1.29, 1.82) is 0 Å². The molecule has 0 atom stereocenters. The van der Waals surface area contributed by atoms with Crippen LogP contribution in [0.5, 0.6) is 0 Å². The molecule has 0 unspecified atom stereocenters. The Labute approximate surface area is 111 Å². The van der Waals surface area contributed by atoms with Crippen LogP contribution in [-0.2, 0) is 0 Å². The molecule has 0 radical (unpaired) electrons. The summed E-state index contributed by atoms with van der Waals surface area (Å²) in [4.78, 5) is 0. The number of nitrogens with one attached hydrogen (secondary N) is 1. The van der Waals surface area contributed by atoms with Gasteiger partial charge in [0.05, 0.1) is 0 Å². The first kappa shape index (κ1) is 13.4. The summed E-state index contributed by atoms with van der Waals surface area (Å²) in [6.07, 6.45) is 7.43. The van der Waals surface area contributed by atoms with Gasteiger partial charge in [-0.25, -0.2) is 0 Å². The molecule has 1 aliphatic carbocycles. The zero-order chi connectivity index (χ0) is 12.8. The zero-order valence-electron chi connectivity index (χ0n) is 11.7. The third kappa shape index (κ3) is 3.99. The maximum absolute atomic E-state index is 3.48. The molecule has 0 spiro atoms. The van der Waals surface area contributed by atoms with Gasteiger partial charge in [0, 0.05) is 6.54 Å². The summed E-state index contributed by atoms with van der Waals surface area (Å²) in [5.74, 6) is 0.861. The predicted molar refractivity (Wildman–Crippen MR) is 79.8 cm³/mol. The van der Waals surface area contributed by atoms with Gasteiger partial charge in [0.25, 0.3) is 0 Å². The van der Waals surface area contributed by atoms with E-state index in [0.29, 0.717) is 0 Å². The van der Waals surface area contributed by atoms with Crippen LogP contribution in [0.3, 0.4) is 0 Å². The van der Waals surface area contributed by atoms with Crippen molar-refractivity contribution in [3.63, 3.8) is 0 Å². The minimum absolute atomic E-state index is 0.861. The summed E-state index contributed by atoms with van der Waals surface area (Å²) < 4.78 is 0. The largest absolute Gasteiger partial charge is 0.313 e. The van der Waals surface area contributed by atoms with Gasteiger partial charge in [0.15, 0.2) is 0 Å². The summed E-state index contributed by atoms with van der Waals surface area (Å²) in [5, 5.41) is 3.48. The van der Waals surface area contributed by atoms with Crippen LogP contribution in [-0.4, -0.2) is 13.1 Å². The maximum atomic E-state index is 3.48. The number of rotatable bonds is 7. The lowest BCUT2D eigenvalue weighted by molar-refractivity contribution is 0.706. The minimum atomic E-state index is 0.861. The minimum Gasteiger partial charge on any atom is -0.313 e. The standard InChI is InChI=1S/C17H25N/c1-3-11-18-13-14(4-2)12-15-5-7-16(8-6-15)17-9-10-17/h5-8,12,17-18H,3-4,9-11,13H2,1-2H3. The van der Waals surface area contributed by atoms with Crippen LogP contribution in [0.2, 0.25) is 0 Å². The van der Waals surface area contributed by atoms with E-state index in [2.05, 4.69) is 49.5 Å². The molecule has 0 amide bonds. The second-order valence-electron chi connectivity index (χ2n) is 5.27. The maximum Gasteiger partial charge on any atom is 0.0167 e. The van der Waals surface area contributed by atoms with Crippen molar-refractivity contribution in [2.45, 2.75) is 45.4 Å². The van der Waals surface area contributed by atoms with Gasteiger partial charge < -0.3 is 5.32 Å². The first-order valence-corrected chi connectivity index (χ1v) is 7.33. The number of hydrogen-bond donors (Lipinski definition) is 1. The summed E-state index contributed by atoms with van der Waals surface area (Å²) >= 11 is 0. The highest BCUT2D eigenvalue weighted by Crippen LogP contribution is 2.39. The number of hydrogen-bond acceptors (Lipinski definition) is 1. The lowest BCUT2D eigenvalue weighted by Gasteiger charge is -2.07. The Hall–Kier alpha value is -1.08. The molecular formula is C17H25N.